The van der Waals surface area contributed by atoms with Crippen molar-refractivity contribution in [3.05, 3.63) is 78.0 Å². The molecule has 8 nitrogen and oxygen atoms in total. The summed E-state index contributed by atoms with van der Waals surface area (Å²) in [7, 11) is 0. The van der Waals surface area contributed by atoms with Crippen molar-refractivity contribution in [2.75, 3.05) is 24.5 Å². The zero-order valence-corrected chi connectivity index (χ0v) is 18.9. The van der Waals surface area contributed by atoms with E-state index in [0.717, 1.165) is 28.9 Å². The number of anilines is 1. The van der Waals surface area contributed by atoms with Crippen molar-refractivity contribution in [2.24, 2.45) is 0 Å². The van der Waals surface area contributed by atoms with Gasteiger partial charge in [0.25, 0.3) is 0 Å². The van der Waals surface area contributed by atoms with Crippen LogP contribution in [0.1, 0.15) is 18.1 Å². The number of piperazine rings is 1. The number of rotatable bonds is 6. The smallest absolute Gasteiger partial charge is 0.239 e. The Morgan fingerprint density at radius 3 is 2.65 bits per heavy atom. The van der Waals surface area contributed by atoms with E-state index in [0.29, 0.717) is 31.8 Å². The number of halogens is 1. The highest BCUT2D eigenvalue weighted by Gasteiger charge is 2.27. The average molecular weight is 460 g/mol. The number of hydrogen-bond donors (Lipinski definition) is 2. The number of nitrogens with one attached hydrogen (secondary N) is 2. The van der Waals surface area contributed by atoms with Crippen LogP contribution in [0.2, 0.25) is 0 Å². The fourth-order valence-corrected chi connectivity index (χ4v) is 4.13. The number of amides is 1. The lowest BCUT2D eigenvalue weighted by atomic mass is 10.1. The van der Waals surface area contributed by atoms with Gasteiger partial charge in [0.1, 0.15) is 24.0 Å². The zero-order chi connectivity index (χ0) is 23.5. The second-order valence-electron chi connectivity index (χ2n) is 8.33. The summed E-state index contributed by atoms with van der Waals surface area (Å²) in [6.45, 7) is 4.45. The summed E-state index contributed by atoms with van der Waals surface area (Å²) >= 11 is 0. The molecule has 1 saturated heterocycles. The molecule has 3 heterocycles. The molecule has 9 heteroatoms. The van der Waals surface area contributed by atoms with E-state index in [1.807, 2.05) is 6.20 Å². The van der Waals surface area contributed by atoms with E-state index in [4.69, 9.17) is 0 Å². The van der Waals surface area contributed by atoms with Crippen LogP contribution in [0.5, 0.6) is 0 Å². The first-order chi connectivity index (χ1) is 16.6. The summed E-state index contributed by atoms with van der Waals surface area (Å²) in [5, 5.41) is 11.6. The molecule has 174 valence electrons. The molecule has 4 aromatic rings. The van der Waals surface area contributed by atoms with Gasteiger partial charge in [-0.2, -0.15) is 0 Å². The summed E-state index contributed by atoms with van der Waals surface area (Å²) in [6, 6.07) is 14.0. The van der Waals surface area contributed by atoms with Gasteiger partial charge in [0.15, 0.2) is 5.65 Å². The van der Waals surface area contributed by atoms with Crippen molar-refractivity contribution in [1.82, 2.24) is 30.4 Å². The maximum atomic E-state index is 13.3. The van der Waals surface area contributed by atoms with Crippen molar-refractivity contribution in [2.45, 2.75) is 25.9 Å². The average Bonchev–Trinajstić information content (AvgIpc) is 3.32. The first-order valence-electron chi connectivity index (χ1n) is 11.4. The Morgan fingerprint density at radius 2 is 1.88 bits per heavy atom. The molecule has 1 unspecified atom stereocenters. The van der Waals surface area contributed by atoms with Gasteiger partial charge in [-0.25, -0.2) is 19.0 Å². The first kappa shape index (κ1) is 22.0. The lowest BCUT2D eigenvalue weighted by molar-refractivity contribution is -0.123. The van der Waals surface area contributed by atoms with Gasteiger partial charge in [0.2, 0.25) is 5.91 Å². The molecule has 2 aromatic heterocycles. The molecule has 1 aliphatic heterocycles. The lowest BCUT2D eigenvalue weighted by Crippen LogP contribution is -2.57. The van der Waals surface area contributed by atoms with E-state index in [-0.39, 0.29) is 17.8 Å². The molecule has 0 radical (unpaired) electrons. The Morgan fingerprint density at radius 1 is 1.12 bits per heavy atom. The van der Waals surface area contributed by atoms with Gasteiger partial charge in [-0.1, -0.05) is 31.2 Å². The molecule has 0 saturated carbocycles. The SMILES string of the molecule is CCc1ccc(CNC(=O)C2CN(c3ncnc4nn(-c5ccc(F)cc5)cc34)CCN2)cc1. The van der Waals surface area contributed by atoms with Crippen LogP contribution >= 0.6 is 0 Å². The first-order valence-corrected chi connectivity index (χ1v) is 11.4. The molecule has 2 N–H and O–H groups in total. The van der Waals surface area contributed by atoms with Crippen LogP contribution in [0.15, 0.2) is 61.1 Å². The van der Waals surface area contributed by atoms with E-state index in [1.165, 1.54) is 24.0 Å². The van der Waals surface area contributed by atoms with E-state index >= 15 is 0 Å². The van der Waals surface area contributed by atoms with E-state index in [1.54, 1.807) is 16.8 Å². The van der Waals surface area contributed by atoms with Gasteiger partial charge >= 0.3 is 0 Å². The number of aryl methyl sites for hydroxylation is 1. The molecule has 1 aliphatic rings. The van der Waals surface area contributed by atoms with Crippen molar-refractivity contribution < 1.29 is 9.18 Å². The normalized spacial score (nSPS) is 16.1. The predicted molar refractivity (Wildman–Crippen MR) is 128 cm³/mol. The number of hydrogen-bond acceptors (Lipinski definition) is 6. The van der Waals surface area contributed by atoms with E-state index in [9.17, 15) is 9.18 Å². The number of nitrogens with zero attached hydrogens (tertiary/aromatic N) is 5. The van der Waals surface area contributed by atoms with Crippen LogP contribution in [0.3, 0.4) is 0 Å². The summed E-state index contributed by atoms with van der Waals surface area (Å²) in [6.07, 6.45) is 4.32. The molecule has 0 spiro atoms. The molecular weight excluding hydrogens is 433 g/mol. The van der Waals surface area contributed by atoms with Crippen molar-refractivity contribution in [3.63, 3.8) is 0 Å². The zero-order valence-electron chi connectivity index (χ0n) is 18.9. The van der Waals surface area contributed by atoms with Crippen LogP contribution in [-0.4, -0.2) is 51.3 Å². The van der Waals surface area contributed by atoms with Gasteiger partial charge < -0.3 is 15.5 Å². The molecule has 1 atom stereocenters. The predicted octanol–water partition coefficient (Wildman–Crippen LogP) is 2.61. The Balaban J connectivity index is 1.30. The minimum Gasteiger partial charge on any atom is -0.353 e. The third kappa shape index (κ3) is 4.60. The highest BCUT2D eigenvalue weighted by atomic mass is 19.1. The minimum atomic E-state index is -0.360. The van der Waals surface area contributed by atoms with Gasteiger partial charge in [-0.3, -0.25) is 4.79 Å². The third-order valence-corrected chi connectivity index (χ3v) is 6.08. The topological polar surface area (TPSA) is 88.0 Å². The largest absolute Gasteiger partial charge is 0.353 e. The van der Waals surface area contributed by atoms with Crippen molar-refractivity contribution >= 4 is 22.8 Å². The number of aromatic nitrogens is 4. The second-order valence-corrected chi connectivity index (χ2v) is 8.33. The fourth-order valence-electron chi connectivity index (χ4n) is 4.13. The molecular formula is C25H26FN7O. The highest BCUT2D eigenvalue weighted by Crippen LogP contribution is 2.24. The lowest BCUT2D eigenvalue weighted by Gasteiger charge is -2.33. The van der Waals surface area contributed by atoms with Crippen molar-refractivity contribution in [3.8, 4) is 5.69 Å². The summed E-state index contributed by atoms with van der Waals surface area (Å²) in [4.78, 5) is 23.7. The standard InChI is InChI=1S/C25H26FN7O/c1-2-17-3-5-18(6-4-17)13-28-25(34)22-15-32(12-11-27-22)24-21-14-33(31-23(21)29-16-30-24)20-9-7-19(26)8-10-20/h3-10,14,16,22,27H,2,11-13,15H2,1H3,(H,28,34). The number of benzene rings is 2. The van der Waals surface area contributed by atoms with Gasteiger partial charge in [0, 0.05) is 32.4 Å². The molecule has 5 rings (SSSR count). The number of carbonyl (C=O) groups is 1. The van der Waals surface area contributed by atoms with Crippen LogP contribution < -0.4 is 15.5 Å². The summed E-state index contributed by atoms with van der Waals surface area (Å²) in [5.41, 5.74) is 3.63. The molecule has 0 bridgehead atoms. The Labute approximate surface area is 196 Å². The van der Waals surface area contributed by atoms with E-state index < -0.39 is 0 Å². The van der Waals surface area contributed by atoms with Crippen LogP contribution in [0.25, 0.3) is 16.7 Å². The van der Waals surface area contributed by atoms with Gasteiger partial charge in [0.05, 0.1) is 11.1 Å². The molecule has 1 amide bonds. The summed E-state index contributed by atoms with van der Waals surface area (Å²) < 4.78 is 15.0. The molecule has 0 aliphatic carbocycles. The van der Waals surface area contributed by atoms with Gasteiger partial charge in [-0.05, 0) is 41.8 Å². The van der Waals surface area contributed by atoms with Gasteiger partial charge in [-0.15, -0.1) is 5.10 Å². The minimum absolute atomic E-state index is 0.0448. The third-order valence-electron chi connectivity index (χ3n) is 6.08. The van der Waals surface area contributed by atoms with Crippen LogP contribution in [-0.2, 0) is 17.8 Å². The second kappa shape index (κ2) is 9.56. The monoisotopic (exact) mass is 459 g/mol. The molecule has 1 fully saturated rings. The fraction of sp³-hybridized carbons (Fsp3) is 0.280. The van der Waals surface area contributed by atoms with Crippen LogP contribution in [0.4, 0.5) is 10.2 Å². The quantitative estimate of drug-likeness (QED) is 0.461. The maximum Gasteiger partial charge on any atom is 0.239 e. The van der Waals surface area contributed by atoms with E-state index in [2.05, 4.69) is 61.8 Å². The molecule has 34 heavy (non-hydrogen) atoms. The maximum absolute atomic E-state index is 13.3. The van der Waals surface area contributed by atoms with Crippen molar-refractivity contribution in [1.29, 1.82) is 0 Å². The number of carbonyl (C=O) groups excluding carboxylic acids is 1. The Bertz CT molecular complexity index is 1290. The summed E-state index contributed by atoms with van der Waals surface area (Å²) in [5.74, 6) is 0.383. The van der Waals surface area contributed by atoms with Crippen LogP contribution in [0, 0.1) is 5.82 Å². The number of fused-ring (bicyclic) bond motifs is 1. The molecule has 2 aromatic carbocycles. The Kier molecular flexibility index (Phi) is 6.18. The Hall–Kier alpha value is -3.85. The highest BCUT2D eigenvalue weighted by molar-refractivity contribution is 5.88.